The molecule has 0 amide bonds. The molecule has 3 rings (SSSR count). The second-order valence-electron chi connectivity index (χ2n) is 4.98. The molecule has 4 atom stereocenters. The van der Waals surface area contributed by atoms with E-state index in [2.05, 4.69) is 0 Å². The molecule has 0 aromatic rings. The number of aliphatic hydroxyl groups excluding tert-OH is 2. The van der Waals surface area contributed by atoms with E-state index < -0.39 is 0 Å². The van der Waals surface area contributed by atoms with Crippen LogP contribution < -0.4 is 0 Å². The van der Waals surface area contributed by atoms with Crippen LogP contribution in [0.4, 0.5) is 0 Å². The van der Waals surface area contributed by atoms with Crippen LogP contribution in [0, 0.1) is 23.7 Å². The van der Waals surface area contributed by atoms with E-state index in [-0.39, 0.29) is 35.2 Å². The summed E-state index contributed by atoms with van der Waals surface area (Å²) in [6.45, 7) is 2.04. The molecule has 0 radical (unpaired) electrons. The van der Waals surface area contributed by atoms with Crippen LogP contribution in [0.1, 0.15) is 6.92 Å². The van der Waals surface area contributed by atoms with Crippen LogP contribution in [0.15, 0.2) is 47.0 Å². The van der Waals surface area contributed by atoms with E-state index in [4.69, 9.17) is 0 Å². The smallest absolute Gasteiger partial charge is 0.124 e. The predicted octanol–water partition coefficient (Wildman–Crippen LogP) is 2.45. The molecule has 0 aromatic carbocycles. The molecule has 3 aliphatic rings. The van der Waals surface area contributed by atoms with Gasteiger partial charge in [-0.1, -0.05) is 24.6 Å². The largest absolute Gasteiger partial charge is 0.512 e. The first-order chi connectivity index (χ1) is 8.13. The van der Waals surface area contributed by atoms with Gasteiger partial charge in [-0.25, -0.2) is 0 Å². The highest BCUT2D eigenvalue weighted by Gasteiger charge is 2.50. The van der Waals surface area contributed by atoms with E-state index in [9.17, 15) is 15.0 Å². The number of fused-ring (bicyclic) bond motifs is 3. The second kappa shape index (κ2) is 3.36. The molecular weight excluding hydrogens is 216 g/mol. The monoisotopic (exact) mass is 230 g/mol. The fraction of sp³-hybridized carbons (Fsp3) is 0.357. The van der Waals surface area contributed by atoms with Crippen molar-refractivity contribution >= 4 is 6.29 Å². The third kappa shape index (κ3) is 1.25. The number of carbonyl (C=O) groups excluding carboxylic acids is 1. The molecule has 0 aromatic heterocycles. The van der Waals surface area contributed by atoms with E-state index in [1.807, 2.05) is 19.1 Å². The number of allylic oxidation sites excluding steroid dienone is 6. The fourth-order valence-corrected chi connectivity index (χ4v) is 3.27. The fourth-order valence-electron chi connectivity index (χ4n) is 3.27. The van der Waals surface area contributed by atoms with Gasteiger partial charge in [0.25, 0.3) is 0 Å². The quantitative estimate of drug-likeness (QED) is 0.680. The maximum atomic E-state index is 11.1. The molecule has 0 heterocycles. The lowest BCUT2D eigenvalue weighted by Gasteiger charge is -2.49. The highest BCUT2D eigenvalue weighted by molar-refractivity contribution is 5.64. The van der Waals surface area contributed by atoms with Crippen LogP contribution in [0.5, 0.6) is 0 Å². The highest BCUT2D eigenvalue weighted by atomic mass is 16.3. The number of hydrogen-bond donors (Lipinski definition) is 2. The van der Waals surface area contributed by atoms with Crippen molar-refractivity contribution in [3.8, 4) is 0 Å². The van der Waals surface area contributed by atoms with Gasteiger partial charge in [-0.2, -0.15) is 0 Å². The van der Waals surface area contributed by atoms with Gasteiger partial charge in [0, 0.05) is 23.8 Å². The topological polar surface area (TPSA) is 57.5 Å². The number of rotatable bonds is 1. The molecule has 1 fully saturated rings. The molecule has 0 aliphatic heterocycles. The maximum absolute atomic E-state index is 11.1. The third-order valence-electron chi connectivity index (χ3n) is 4.18. The van der Waals surface area contributed by atoms with Gasteiger partial charge in [0.2, 0.25) is 0 Å². The zero-order valence-corrected chi connectivity index (χ0v) is 9.50. The Labute approximate surface area is 99.5 Å². The van der Waals surface area contributed by atoms with Crippen molar-refractivity contribution in [1.82, 2.24) is 0 Å². The number of aliphatic hydroxyl groups is 2. The molecule has 3 nitrogen and oxygen atoms in total. The first-order valence-corrected chi connectivity index (χ1v) is 5.81. The lowest BCUT2D eigenvalue weighted by molar-refractivity contribution is -0.116. The number of hydrogen-bond acceptors (Lipinski definition) is 3. The standard InChI is InChI=1S/C14H14O3/c1-7-10-3-2-8-4-9(16)5-12(17)13(8)14(10)11(7)6-15/h2-7,11,13-14,16-17H,1H3. The minimum atomic E-state index is -0.155. The number of carbonyl (C=O) groups is 1. The van der Waals surface area contributed by atoms with E-state index >= 15 is 0 Å². The average Bonchev–Trinajstić information content (AvgIpc) is 2.27. The summed E-state index contributed by atoms with van der Waals surface area (Å²) < 4.78 is 0. The Morgan fingerprint density at radius 1 is 1.24 bits per heavy atom. The van der Waals surface area contributed by atoms with Crippen molar-refractivity contribution in [2.24, 2.45) is 23.7 Å². The Hall–Kier alpha value is -1.77. The van der Waals surface area contributed by atoms with Crippen molar-refractivity contribution in [3.05, 3.63) is 47.0 Å². The molecular formula is C14H14O3. The van der Waals surface area contributed by atoms with Gasteiger partial charge in [-0.15, -0.1) is 0 Å². The maximum Gasteiger partial charge on any atom is 0.124 e. The lowest BCUT2D eigenvalue weighted by atomic mass is 9.54. The van der Waals surface area contributed by atoms with Crippen molar-refractivity contribution in [2.45, 2.75) is 6.92 Å². The molecule has 0 spiro atoms. The van der Waals surface area contributed by atoms with Gasteiger partial charge in [0.1, 0.15) is 17.8 Å². The summed E-state index contributed by atoms with van der Waals surface area (Å²) in [4.78, 5) is 11.1. The summed E-state index contributed by atoms with van der Waals surface area (Å²) >= 11 is 0. The van der Waals surface area contributed by atoms with E-state index in [1.165, 1.54) is 11.6 Å². The first-order valence-electron chi connectivity index (χ1n) is 5.81. The van der Waals surface area contributed by atoms with Crippen LogP contribution in [-0.4, -0.2) is 16.5 Å². The van der Waals surface area contributed by atoms with Crippen LogP contribution in [0.25, 0.3) is 0 Å². The summed E-state index contributed by atoms with van der Waals surface area (Å²) in [5, 5.41) is 19.4. The normalized spacial score (nSPS) is 38.6. The Morgan fingerprint density at radius 2 is 2.00 bits per heavy atom. The van der Waals surface area contributed by atoms with Crippen molar-refractivity contribution in [3.63, 3.8) is 0 Å². The van der Waals surface area contributed by atoms with Gasteiger partial charge in [-0.3, -0.25) is 0 Å². The summed E-state index contributed by atoms with van der Waals surface area (Å²) in [6, 6.07) is 0. The van der Waals surface area contributed by atoms with Crippen LogP contribution >= 0.6 is 0 Å². The Balaban J connectivity index is 2.05. The van der Waals surface area contributed by atoms with Gasteiger partial charge in [-0.05, 0) is 17.6 Å². The average molecular weight is 230 g/mol. The van der Waals surface area contributed by atoms with E-state index in [0.717, 1.165) is 11.9 Å². The Bertz CT molecular complexity index is 508. The Kier molecular flexibility index (Phi) is 2.05. The van der Waals surface area contributed by atoms with Crippen LogP contribution in [-0.2, 0) is 4.79 Å². The molecule has 17 heavy (non-hydrogen) atoms. The summed E-state index contributed by atoms with van der Waals surface area (Å²) in [5.41, 5.74) is 2.11. The van der Waals surface area contributed by atoms with Crippen molar-refractivity contribution < 1.29 is 15.0 Å². The minimum absolute atomic E-state index is 0.0286. The molecule has 0 bridgehead atoms. The zero-order valence-electron chi connectivity index (χ0n) is 9.50. The molecule has 88 valence electrons. The molecule has 3 aliphatic carbocycles. The van der Waals surface area contributed by atoms with Crippen LogP contribution in [0.2, 0.25) is 0 Å². The van der Waals surface area contributed by atoms with Gasteiger partial charge in [0.15, 0.2) is 0 Å². The summed E-state index contributed by atoms with van der Waals surface area (Å²) in [6.07, 6.45) is 7.95. The Morgan fingerprint density at radius 3 is 2.71 bits per heavy atom. The SMILES string of the molecule is CC1C2=CC=C3C=C(O)C=C(O)C3C2C1C=O. The van der Waals surface area contributed by atoms with E-state index in [0.29, 0.717) is 0 Å². The summed E-state index contributed by atoms with van der Waals surface area (Å²) in [7, 11) is 0. The first kappa shape index (κ1) is 10.4. The molecule has 3 heteroatoms. The highest BCUT2D eigenvalue weighted by Crippen LogP contribution is 2.54. The summed E-state index contributed by atoms with van der Waals surface area (Å²) in [5.74, 6) is 0.379. The molecule has 1 saturated carbocycles. The molecule has 0 saturated heterocycles. The predicted molar refractivity (Wildman–Crippen MR) is 63.3 cm³/mol. The van der Waals surface area contributed by atoms with Crippen LogP contribution in [0.3, 0.4) is 0 Å². The third-order valence-corrected chi connectivity index (χ3v) is 4.18. The lowest BCUT2D eigenvalue weighted by Crippen LogP contribution is -2.46. The van der Waals surface area contributed by atoms with Gasteiger partial charge >= 0.3 is 0 Å². The van der Waals surface area contributed by atoms with Gasteiger partial charge < -0.3 is 15.0 Å². The van der Waals surface area contributed by atoms with Crippen molar-refractivity contribution in [1.29, 1.82) is 0 Å². The van der Waals surface area contributed by atoms with E-state index in [1.54, 1.807) is 6.08 Å². The number of aldehydes is 1. The van der Waals surface area contributed by atoms with Gasteiger partial charge in [0.05, 0.1) is 0 Å². The molecule has 4 unspecified atom stereocenters. The zero-order chi connectivity index (χ0) is 12.2. The second-order valence-corrected chi connectivity index (χ2v) is 4.98. The minimum Gasteiger partial charge on any atom is -0.512 e. The molecule has 2 N–H and O–H groups in total. The van der Waals surface area contributed by atoms with Crippen molar-refractivity contribution in [2.75, 3.05) is 0 Å².